The van der Waals surface area contributed by atoms with Crippen LogP contribution in [0.2, 0.25) is 0 Å². The van der Waals surface area contributed by atoms with Gasteiger partial charge < -0.3 is 15.0 Å². The summed E-state index contributed by atoms with van der Waals surface area (Å²) in [7, 11) is 0. The van der Waals surface area contributed by atoms with E-state index >= 15 is 0 Å². The quantitative estimate of drug-likeness (QED) is 0.874. The second-order valence-corrected chi connectivity index (χ2v) is 7.64. The number of nitrogens with zero attached hydrogens (tertiary/aromatic N) is 2. The van der Waals surface area contributed by atoms with Gasteiger partial charge in [0.25, 0.3) is 5.91 Å². The fourth-order valence-corrected chi connectivity index (χ4v) is 3.55. The number of hydrogen-bond acceptors (Lipinski definition) is 4. The number of nitrogens with one attached hydrogen (secondary N) is 1. The van der Waals surface area contributed by atoms with Crippen LogP contribution in [-0.4, -0.2) is 61.6 Å². The maximum atomic E-state index is 12.5. The molecule has 2 fully saturated rings. The minimum atomic E-state index is -0.112. The van der Waals surface area contributed by atoms with Crippen molar-refractivity contribution in [1.29, 1.82) is 0 Å². The molecule has 0 unspecified atom stereocenters. The van der Waals surface area contributed by atoms with E-state index in [0.717, 1.165) is 51.4 Å². The molecular weight excluding hydrogens is 330 g/mol. The van der Waals surface area contributed by atoms with Crippen LogP contribution in [0.15, 0.2) is 24.3 Å². The molecular formula is C20H29N3O3. The predicted octanol–water partition coefficient (Wildman–Crippen LogP) is 2.04. The SMILES string of the molecule is CC(C)(CNC(=O)c1ccc(N2CCCCC2=O)cc1)N1CCOCC1. The standard InChI is InChI=1S/C20H29N3O3/c1-20(2,22-11-13-26-14-12-22)15-21-19(25)16-6-8-17(9-7-16)23-10-4-3-5-18(23)24/h6-9H,3-5,10-15H2,1-2H3,(H,21,25). The summed E-state index contributed by atoms with van der Waals surface area (Å²) in [5.74, 6) is 0.0866. The van der Waals surface area contributed by atoms with E-state index in [1.807, 2.05) is 17.0 Å². The lowest BCUT2D eigenvalue weighted by Crippen LogP contribution is -2.55. The van der Waals surface area contributed by atoms with Crippen molar-refractivity contribution in [2.45, 2.75) is 38.6 Å². The van der Waals surface area contributed by atoms with Gasteiger partial charge in [-0.25, -0.2) is 0 Å². The first kappa shape index (κ1) is 18.9. The van der Waals surface area contributed by atoms with E-state index in [0.29, 0.717) is 18.5 Å². The number of carbonyl (C=O) groups excluding carboxylic acids is 2. The zero-order valence-corrected chi connectivity index (χ0v) is 15.8. The third kappa shape index (κ3) is 4.43. The van der Waals surface area contributed by atoms with E-state index in [1.54, 1.807) is 12.1 Å². The Morgan fingerprint density at radius 1 is 1.12 bits per heavy atom. The summed E-state index contributed by atoms with van der Waals surface area (Å²) in [6, 6.07) is 7.33. The number of piperidine rings is 1. The predicted molar refractivity (Wildman–Crippen MR) is 101 cm³/mol. The van der Waals surface area contributed by atoms with E-state index in [-0.39, 0.29) is 17.4 Å². The van der Waals surface area contributed by atoms with Gasteiger partial charge in [-0.3, -0.25) is 14.5 Å². The van der Waals surface area contributed by atoms with Gasteiger partial charge in [0.1, 0.15) is 0 Å². The third-order valence-electron chi connectivity index (χ3n) is 5.31. The molecule has 1 N–H and O–H groups in total. The molecule has 6 heteroatoms. The molecule has 2 aliphatic rings. The highest BCUT2D eigenvalue weighted by molar-refractivity contribution is 5.97. The smallest absolute Gasteiger partial charge is 0.251 e. The van der Waals surface area contributed by atoms with Crippen molar-refractivity contribution in [2.75, 3.05) is 44.3 Å². The van der Waals surface area contributed by atoms with Gasteiger partial charge in [0.05, 0.1) is 13.2 Å². The van der Waals surface area contributed by atoms with Crippen molar-refractivity contribution in [1.82, 2.24) is 10.2 Å². The molecule has 1 aromatic rings. The van der Waals surface area contributed by atoms with Crippen LogP contribution in [0, 0.1) is 0 Å². The third-order valence-corrected chi connectivity index (χ3v) is 5.31. The molecule has 26 heavy (non-hydrogen) atoms. The van der Waals surface area contributed by atoms with E-state index in [1.165, 1.54) is 0 Å². The zero-order valence-electron chi connectivity index (χ0n) is 15.8. The Labute approximate surface area is 155 Å². The van der Waals surface area contributed by atoms with Crippen LogP contribution in [0.4, 0.5) is 5.69 Å². The molecule has 3 rings (SSSR count). The monoisotopic (exact) mass is 359 g/mol. The van der Waals surface area contributed by atoms with Crippen LogP contribution in [0.3, 0.4) is 0 Å². The van der Waals surface area contributed by atoms with E-state index in [9.17, 15) is 9.59 Å². The normalized spacial score (nSPS) is 19.5. The number of morpholine rings is 1. The van der Waals surface area contributed by atoms with Crippen LogP contribution in [-0.2, 0) is 9.53 Å². The van der Waals surface area contributed by atoms with Crippen LogP contribution >= 0.6 is 0 Å². The average Bonchev–Trinajstić information content (AvgIpc) is 2.67. The van der Waals surface area contributed by atoms with Crippen molar-refractivity contribution in [3.8, 4) is 0 Å². The molecule has 6 nitrogen and oxygen atoms in total. The molecule has 0 bridgehead atoms. The van der Waals surface area contributed by atoms with Crippen LogP contribution in [0.5, 0.6) is 0 Å². The second kappa shape index (κ2) is 8.18. The van der Waals surface area contributed by atoms with Crippen LogP contribution in [0.25, 0.3) is 0 Å². The molecule has 0 saturated carbocycles. The molecule has 0 spiro atoms. The fraction of sp³-hybridized carbons (Fsp3) is 0.600. The molecule has 2 amide bonds. The minimum absolute atomic E-state index is 0.0807. The van der Waals surface area contributed by atoms with Crippen LogP contribution in [0.1, 0.15) is 43.5 Å². The van der Waals surface area contributed by atoms with Gasteiger partial charge in [-0.05, 0) is 51.0 Å². The summed E-state index contributed by atoms with van der Waals surface area (Å²) in [6.45, 7) is 8.90. The zero-order chi connectivity index (χ0) is 18.6. The second-order valence-electron chi connectivity index (χ2n) is 7.64. The average molecular weight is 359 g/mol. The first-order valence-corrected chi connectivity index (χ1v) is 9.49. The summed E-state index contributed by atoms with van der Waals surface area (Å²) in [5.41, 5.74) is 1.38. The van der Waals surface area contributed by atoms with Gasteiger partial charge in [-0.1, -0.05) is 0 Å². The molecule has 0 aliphatic carbocycles. The first-order chi connectivity index (χ1) is 12.5. The number of benzene rings is 1. The van der Waals surface area contributed by atoms with E-state index in [4.69, 9.17) is 4.74 Å². The number of hydrogen-bond donors (Lipinski definition) is 1. The highest BCUT2D eigenvalue weighted by Gasteiger charge is 2.28. The Morgan fingerprint density at radius 2 is 1.81 bits per heavy atom. The van der Waals surface area contributed by atoms with E-state index < -0.39 is 0 Å². The molecule has 2 saturated heterocycles. The minimum Gasteiger partial charge on any atom is -0.379 e. The molecule has 2 aliphatic heterocycles. The topological polar surface area (TPSA) is 61.9 Å². The Balaban J connectivity index is 1.57. The van der Waals surface area contributed by atoms with Crippen LogP contribution < -0.4 is 10.2 Å². The maximum absolute atomic E-state index is 12.5. The highest BCUT2D eigenvalue weighted by Crippen LogP contribution is 2.21. The lowest BCUT2D eigenvalue weighted by atomic mass is 10.0. The molecule has 2 heterocycles. The van der Waals surface area contributed by atoms with Crippen molar-refractivity contribution < 1.29 is 14.3 Å². The number of carbonyl (C=O) groups is 2. The number of ether oxygens (including phenoxy) is 1. The molecule has 0 aromatic heterocycles. The first-order valence-electron chi connectivity index (χ1n) is 9.49. The lowest BCUT2D eigenvalue weighted by molar-refractivity contribution is -0.119. The van der Waals surface area contributed by atoms with Gasteiger partial charge in [0.15, 0.2) is 0 Å². The van der Waals surface area contributed by atoms with Crippen molar-refractivity contribution in [3.63, 3.8) is 0 Å². The van der Waals surface area contributed by atoms with Gasteiger partial charge in [0.2, 0.25) is 5.91 Å². The number of amides is 2. The largest absolute Gasteiger partial charge is 0.379 e. The number of rotatable bonds is 5. The van der Waals surface area contributed by atoms with Crippen molar-refractivity contribution >= 4 is 17.5 Å². The number of anilines is 1. The lowest BCUT2D eigenvalue weighted by Gasteiger charge is -2.40. The molecule has 0 radical (unpaired) electrons. The summed E-state index contributed by atoms with van der Waals surface area (Å²) < 4.78 is 5.40. The molecule has 0 atom stereocenters. The maximum Gasteiger partial charge on any atom is 0.251 e. The Kier molecular flexibility index (Phi) is 5.94. The van der Waals surface area contributed by atoms with Gasteiger partial charge in [0, 0.05) is 49.4 Å². The van der Waals surface area contributed by atoms with Gasteiger partial charge in [-0.2, -0.15) is 0 Å². The molecule has 142 valence electrons. The summed E-state index contributed by atoms with van der Waals surface area (Å²) >= 11 is 0. The van der Waals surface area contributed by atoms with E-state index in [2.05, 4.69) is 24.1 Å². The van der Waals surface area contributed by atoms with Gasteiger partial charge in [-0.15, -0.1) is 0 Å². The van der Waals surface area contributed by atoms with Crippen molar-refractivity contribution in [3.05, 3.63) is 29.8 Å². The Bertz CT molecular complexity index is 636. The van der Waals surface area contributed by atoms with Crippen molar-refractivity contribution in [2.24, 2.45) is 0 Å². The Morgan fingerprint density at radius 3 is 2.46 bits per heavy atom. The molecule has 1 aromatic carbocycles. The fourth-order valence-electron chi connectivity index (χ4n) is 3.55. The summed E-state index contributed by atoms with van der Waals surface area (Å²) in [4.78, 5) is 28.7. The summed E-state index contributed by atoms with van der Waals surface area (Å²) in [5, 5.41) is 3.04. The highest BCUT2D eigenvalue weighted by atomic mass is 16.5. The summed E-state index contributed by atoms with van der Waals surface area (Å²) in [6.07, 6.45) is 2.61. The Hall–Kier alpha value is -1.92. The van der Waals surface area contributed by atoms with Gasteiger partial charge >= 0.3 is 0 Å².